The molecule has 0 bridgehead atoms. The Balaban J connectivity index is 1.42. The minimum Gasteiger partial charge on any atom is -0.493 e. The summed E-state index contributed by atoms with van der Waals surface area (Å²) in [6, 6.07) is 30.9. The molecule has 4 aromatic rings. The summed E-state index contributed by atoms with van der Waals surface area (Å²) in [4.78, 5) is 5.58. The number of methoxy groups -OCH3 is 4. The van der Waals surface area contributed by atoms with Crippen molar-refractivity contribution in [3.8, 4) is 23.0 Å². The highest BCUT2D eigenvalue weighted by molar-refractivity contribution is 5.55. The van der Waals surface area contributed by atoms with Gasteiger partial charge in [0, 0.05) is 26.2 Å². The van der Waals surface area contributed by atoms with Gasteiger partial charge in [-0.05, 0) is 83.3 Å². The molecule has 6 heteroatoms. The van der Waals surface area contributed by atoms with Crippen molar-refractivity contribution < 1.29 is 18.9 Å². The fourth-order valence-corrected chi connectivity index (χ4v) is 8.26. The minimum absolute atomic E-state index is 0.220. The van der Waals surface area contributed by atoms with Crippen LogP contribution in [0.15, 0.2) is 84.9 Å². The average molecular weight is 591 g/mol. The van der Waals surface area contributed by atoms with Gasteiger partial charge in [0.2, 0.25) is 0 Å². The van der Waals surface area contributed by atoms with Crippen molar-refractivity contribution >= 4 is 0 Å². The van der Waals surface area contributed by atoms with Gasteiger partial charge in [-0.25, -0.2) is 0 Å². The van der Waals surface area contributed by atoms with Gasteiger partial charge in [0.05, 0.1) is 39.5 Å². The minimum atomic E-state index is -0.220. The Morgan fingerprint density at radius 1 is 0.523 bits per heavy atom. The van der Waals surface area contributed by atoms with E-state index < -0.39 is 0 Å². The van der Waals surface area contributed by atoms with E-state index in [4.69, 9.17) is 18.9 Å². The highest BCUT2D eigenvalue weighted by atomic mass is 16.5. The van der Waals surface area contributed by atoms with Crippen LogP contribution in [0, 0.1) is 0 Å². The van der Waals surface area contributed by atoms with Crippen molar-refractivity contribution in [3.05, 3.63) is 118 Å². The number of fused-ring (bicyclic) bond motifs is 6. The zero-order valence-electron chi connectivity index (χ0n) is 26.3. The van der Waals surface area contributed by atoms with E-state index in [2.05, 4.69) is 94.7 Å². The highest BCUT2D eigenvalue weighted by Gasteiger charge is 2.56. The van der Waals surface area contributed by atoms with Crippen molar-refractivity contribution in [2.24, 2.45) is 0 Å². The molecule has 0 saturated carbocycles. The first-order valence-electron chi connectivity index (χ1n) is 15.6. The number of rotatable bonds is 8. The molecule has 4 aromatic carbocycles. The molecular formula is C38H42N2O4. The molecule has 3 aliphatic heterocycles. The predicted octanol–water partition coefficient (Wildman–Crippen LogP) is 6.03. The SMILES string of the molecule is COc1cc2c(cc1OC)[C@@]1(Cc3ccccc3)CN3CCc4cc(OC)c(OC)cc4[C@@]3(Cc3ccccc3)CN1CC2. The third-order valence-corrected chi connectivity index (χ3v) is 10.3. The smallest absolute Gasteiger partial charge is 0.161 e. The van der Waals surface area contributed by atoms with Gasteiger partial charge >= 0.3 is 0 Å². The lowest BCUT2D eigenvalue weighted by Gasteiger charge is -2.63. The number of hydrogen-bond acceptors (Lipinski definition) is 6. The molecule has 1 saturated heterocycles. The summed E-state index contributed by atoms with van der Waals surface area (Å²) in [5.41, 5.74) is 7.68. The monoisotopic (exact) mass is 590 g/mol. The van der Waals surface area contributed by atoms with Gasteiger partial charge in [-0.3, -0.25) is 9.80 Å². The molecule has 3 heterocycles. The second-order valence-electron chi connectivity index (χ2n) is 12.5. The summed E-state index contributed by atoms with van der Waals surface area (Å²) in [5.74, 6) is 3.19. The molecule has 0 spiro atoms. The maximum absolute atomic E-state index is 5.89. The van der Waals surface area contributed by atoms with E-state index >= 15 is 0 Å². The molecule has 0 unspecified atom stereocenters. The van der Waals surface area contributed by atoms with E-state index in [1.165, 1.54) is 33.4 Å². The Morgan fingerprint density at radius 3 is 1.25 bits per heavy atom. The lowest BCUT2D eigenvalue weighted by Crippen LogP contribution is -2.72. The molecular weight excluding hydrogens is 548 g/mol. The third-order valence-electron chi connectivity index (χ3n) is 10.3. The Labute approximate surface area is 261 Å². The topological polar surface area (TPSA) is 43.4 Å². The molecule has 0 N–H and O–H groups in total. The quantitative estimate of drug-likeness (QED) is 0.250. The molecule has 0 aromatic heterocycles. The normalized spacial score (nSPS) is 22.6. The number of hydrogen-bond donors (Lipinski definition) is 0. The summed E-state index contributed by atoms with van der Waals surface area (Å²) >= 11 is 0. The number of nitrogens with zero attached hydrogens (tertiary/aromatic N) is 2. The predicted molar refractivity (Wildman–Crippen MR) is 173 cm³/mol. The lowest BCUT2D eigenvalue weighted by molar-refractivity contribution is -0.103. The molecule has 0 amide bonds. The summed E-state index contributed by atoms with van der Waals surface area (Å²) in [7, 11) is 6.94. The maximum atomic E-state index is 5.89. The summed E-state index contributed by atoms with van der Waals surface area (Å²) in [6.45, 7) is 3.76. The van der Waals surface area contributed by atoms with Gasteiger partial charge in [-0.15, -0.1) is 0 Å². The van der Waals surface area contributed by atoms with Crippen LogP contribution in [-0.4, -0.2) is 64.4 Å². The van der Waals surface area contributed by atoms with Gasteiger partial charge in [0.15, 0.2) is 23.0 Å². The second-order valence-corrected chi connectivity index (χ2v) is 12.5. The fourth-order valence-electron chi connectivity index (χ4n) is 8.26. The van der Waals surface area contributed by atoms with E-state index in [1.54, 1.807) is 28.4 Å². The van der Waals surface area contributed by atoms with E-state index in [9.17, 15) is 0 Å². The number of ether oxygens (including phenoxy) is 4. The summed E-state index contributed by atoms with van der Waals surface area (Å²) in [5, 5.41) is 0. The van der Waals surface area contributed by atoms with E-state index in [-0.39, 0.29) is 11.1 Å². The molecule has 1 fully saturated rings. The fraction of sp³-hybridized carbons (Fsp3) is 0.368. The molecule has 6 nitrogen and oxygen atoms in total. The molecule has 3 aliphatic rings. The zero-order valence-corrected chi connectivity index (χ0v) is 26.3. The van der Waals surface area contributed by atoms with Gasteiger partial charge in [-0.2, -0.15) is 0 Å². The zero-order chi connectivity index (χ0) is 30.3. The van der Waals surface area contributed by atoms with Crippen LogP contribution in [0.3, 0.4) is 0 Å². The average Bonchev–Trinajstić information content (AvgIpc) is 3.07. The molecule has 2 atom stereocenters. The Morgan fingerprint density at radius 2 is 0.886 bits per heavy atom. The van der Waals surface area contributed by atoms with Crippen LogP contribution < -0.4 is 18.9 Å². The van der Waals surface area contributed by atoms with Crippen LogP contribution in [0.25, 0.3) is 0 Å². The van der Waals surface area contributed by atoms with Crippen molar-refractivity contribution in [1.82, 2.24) is 9.80 Å². The van der Waals surface area contributed by atoms with Crippen LogP contribution in [0.2, 0.25) is 0 Å². The van der Waals surface area contributed by atoms with E-state index in [0.29, 0.717) is 0 Å². The van der Waals surface area contributed by atoms with Crippen molar-refractivity contribution in [3.63, 3.8) is 0 Å². The van der Waals surface area contributed by atoms with Gasteiger partial charge in [0.1, 0.15) is 0 Å². The molecule has 44 heavy (non-hydrogen) atoms. The van der Waals surface area contributed by atoms with Gasteiger partial charge in [0.25, 0.3) is 0 Å². The van der Waals surface area contributed by atoms with Gasteiger partial charge in [-0.1, -0.05) is 60.7 Å². The Hall–Kier alpha value is -4.00. The number of benzene rings is 4. The van der Waals surface area contributed by atoms with Crippen molar-refractivity contribution in [2.45, 2.75) is 36.8 Å². The maximum Gasteiger partial charge on any atom is 0.161 e. The van der Waals surface area contributed by atoms with Crippen molar-refractivity contribution in [2.75, 3.05) is 54.6 Å². The first-order chi connectivity index (χ1) is 21.5. The van der Waals surface area contributed by atoms with Crippen LogP contribution in [0.5, 0.6) is 23.0 Å². The Bertz CT molecular complexity index is 1520. The van der Waals surface area contributed by atoms with Crippen LogP contribution in [0.1, 0.15) is 33.4 Å². The van der Waals surface area contributed by atoms with Crippen molar-refractivity contribution in [1.29, 1.82) is 0 Å². The lowest BCUT2D eigenvalue weighted by atomic mass is 9.67. The largest absolute Gasteiger partial charge is 0.493 e. The molecule has 0 radical (unpaired) electrons. The summed E-state index contributed by atoms with van der Waals surface area (Å²) < 4.78 is 23.3. The molecule has 228 valence electrons. The first kappa shape index (κ1) is 28.8. The van der Waals surface area contributed by atoms with Crippen LogP contribution in [-0.2, 0) is 36.8 Å². The molecule has 0 aliphatic carbocycles. The van der Waals surface area contributed by atoms with E-state index in [1.807, 2.05) is 0 Å². The third kappa shape index (κ3) is 4.63. The summed E-state index contributed by atoms with van der Waals surface area (Å²) in [6.07, 6.45) is 3.78. The van der Waals surface area contributed by atoms with Gasteiger partial charge < -0.3 is 18.9 Å². The molecule has 7 rings (SSSR count). The standard InChI is InChI=1S/C38H42N2O4/c1-41-33-19-29-15-17-39-26-38(24-28-13-9-6-10-14-28)32-22-36(44-4)34(42-2)20-30(32)16-18-40(38)25-37(39,31(29)21-35(33)43-3)23-27-11-7-5-8-12-27/h5-14,19-22H,15-18,23-26H2,1-4H3/t37-,38-/m1/s1. The van der Waals surface area contributed by atoms with Crippen LogP contribution in [0.4, 0.5) is 0 Å². The second kappa shape index (κ2) is 11.5. The van der Waals surface area contributed by atoms with Crippen LogP contribution >= 0.6 is 0 Å². The first-order valence-corrected chi connectivity index (χ1v) is 15.6. The highest BCUT2D eigenvalue weighted by Crippen LogP contribution is 2.53. The Kier molecular flexibility index (Phi) is 7.51. The van der Waals surface area contributed by atoms with E-state index in [0.717, 1.165) is 74.9 Å². The number of piperazine rings is 1.